The van der Waals surface area contributed by atoms with Crippen molar-refractivity contribution >= 4 is 35.0 Å². The van der Waals surface area contributed by atoms with Gasteiger partial charge in [-0.05, 0) is 43.3 Å². The maximum atomic E-state index is 12.7. The number of benzene rings is 2. The normalized spacial score (nSPS) is 12.0. The SMILES string of the molecule is C[C@@H](Sc1nnc(-c2ccc(Cl)cc2)n1N)C(=O)N(C)c1ccccc1. The number of nitrogen functional groups attached to an aromatic ring is 1. The number of thioether (sulfide) groups is 1. The smallest absolute Gasteiger partial charge is 0.240 e. The predicted octanol–water partition coefficient (Wildman–Crippen LogP) is 3.46. The summed E-state index contributed by atoms with van der Waals surface area (Å²) in [4.78, 5) is 14.3. The second-order valence-corrected chi connectivity index (χ2v) is 7.42. The molecule has 2 aromatic carbocycles. The molecule has 0 unspecified atom stereocenters. The highest BCUT2D eigenvalue weighted by atomic mass is 35.5. The molecule has 0 bridgehead atoms. The Morgan fingerprint density at radius 1 is 1.15 bits per heavy atom. The lowest BCUT2D eigenvalue weighted by atomic mass is 10.2. The van der Waals surface area contributed by atoms with Gasteiger partial charge < -0.3 is 10.7 Å². The zero-order valence-electron chi connectivity index (χ0n) is 14.3. The molecule has 0 saturated carbocycles. The fourth-order valence-electron chi connectivity index (χ4n) is 2.41. The van der Waals surface area contributed by atoms with E-state index in [1.165, 1.54) is 16.4 Å². The summed E-state index contributed by atoms with van der Waals surface area (Å²) in [6.07, 6.45) is 0. The zero-order valence-corrected chi connectivity index (χ0v) is 15.9. The molecule has 1 heterocycles. The fourth-order valence-corrected chi connectivity index (χ4v) is 3.40. The number of halogens is 1. The van der Waals surface area contributed by atoms with Crippen LogP contribution in [0, 0.1) is 0 Å². The van der Waals surface area contributed by atoms with Crippen molar-refractivity contribution in [1.29, 1.82) is 0 Å². The molecule has 134 valence electrons. The highest BCUT2D eigenvalue weighted by molar-refractivity contribution is 8.00. The molecule has 2 N–H and O–H groups in total. The predicted molar refractivity (Wildman–Crippen MR) is 106 cm³/mol. The van der Waals surface area contributed by atoms with E-state index in [4.69, 9.17) is 17.4 Å². The Morgan fingerprint density at radius 2 is 1.81 bits per heavy atom. The number of hydrogen-bond acceptors (Lipinski definition) is 5. The Balaban J connectivity index is 1.74. The van der Waals surface area contributed by atoms with Crippen molar-refractivity contribution in [1.82, 2.24) is 14.9 Å². The van der Waals surface area contributed by atoms with Crippen molar-refractivity contribution in [3.05, 3.63) is 59.6 Å². The minimum atomic E-state index is -0.371. The molecule has 8 heteroatoms. The van der Waals surface area contributed by atoms with E-state index >= 15 is 0 Å². The van der Waals surface area contributed by atoms with Gasteiger partial charge in [0.15, 0.2) is 5.82 Å². The Hall–Kier alpha value is -2.51. The van der Waals surface area contributed by atoms with Crippen LogP contribution in [0.3, 0.4) is 0 Å². The quantitative estimate of drug-likeness (QED) is 0.536. The number of hydrogen-bond donors (Lipinski definition) is 1. The monoisotopic (exact) mass is 387 g/mol. The molecule has 26 heavy (non-hydrogen) atoms. The molecule has 1 aromatic heterocycles. The average Bonchev–Trinajstić information content (AvgIpc) is 3.02. The molecular formula is C18H18ClN5OS. The number of carbonyl (C=O) groups excluding carboxylic acids is 1. The third-order valence-electron chi connectivity index (χ3n) is 3.87. The van der Waals surface area contributed by atoms with Gasteiger partial charge in [0.2, 0.25) is 11.1 Å². The van der Waals surface area contributed by atoms with E-state index in [9.17, 15) is 4.79 Å². The molecule has 3 rings (SSSR count). The molecular weight excluding hydrogens is 370 g/mol. The summed E-state index contributed by atoms with van der Waals surface area (Å²) < 4.78 is 1.39. The van der Waals surface area contributed by atoms with Gasteiger partial charge in [0.1, 0.15) is 0 Å². The first-order chi connectivity index (χ1) is 12.5. The van der Waals surface area contributed by atoms with Gasteiger partial charge in [-0.2, -0.15) is 0 Å². The average molecular weight is 388 g/mol. The molecule has 0 spiro atoms. The first-order valence-electron chi connectivity index (χ1n) is 7.93. The highest BCUT2D eigenvalue weighted by Crippen LogP contribution is 2.27. The number of carbonyl (C=O) groups is 1. The van der Waals surface area contributed by atoms with E-state index in [0.29, 0.717) is 16.0 Å². The van der Waals surface area contributed by atoms with E-state index in [2.05, 4.69) is 10.2 Å². The van der Waals surface area contributed by atoms with Gasteiger partial charge in [0.25, 0.3) is 0 Å². The molecule has 0 fully saturated rings. The van der Waals surface area contributed by atoms with Crippen LogP contribution in [0.25, 0.3) is 11.4 Å². The summed E-state index contributed by atoms with van der Waals surface area (Å²) in [7, 11) is 1.75. The number of para-hydroxylation sites is 1. The molecule has 0 saturated heterocycles. The van der Waals surface area contributed by atoms with Gasteiger partial charge >= 0.3 is 0 Å². The van der Waals surface area contributed by atoms with E-state index in [1.54, 1.807) is 24.1 Å². The topological polar surface area (TPSA) is 77.0 Å². The number of anilines is 1. The van der Waals surface area contributed by atoms with E-state index in [0.717, 1.165) is 11.3 Å². The molecule has 0 radical (unpaired) electrons. The summed E-state index contributed by atoms with van der Waals surface area (Å²) in [5.74, 6) is 6.59. The van der Waals surface area contributed by atoms with Crippen molar-refractivity contribution in [3.63, 3.8) is 0 Å². The van der Waals surface area contributed by atoms with Gasteiger partial charge in [-0.25, -0.2) is 4.68 Å². The minimum Gasteiger partial charge on any atom is -0.335 e. The van der Waals surface area contributed by atoms with Crippen LogP contribution in [0.5, 0.6) is 0 Å². The molecule has 0 aliphatic heterocycles. The number of rotatable bonds is 5. The van der Waals surface area contributed by atoms with Gasteiger partial charge in [-0.1, -0.05) is 41.6 Å². The maximum absolute atomic E-state index is 12.7. The lowest BCUT2D eigenvalue weighted by molar-refractivity contribution is -0.117. The van der Waals surface area contributed by atoms with Crippen LogP contribution >= 0.6 is 23.4 Å². The molecule has 0 aliphatic rings. The summed E-state index contributed by atoms with van der Waals surface area (Å²) in [5.41, 5.74) is 1.64. The summed E-state index contributed by atoms with van der Waals surface area (Å²) in [5, 5.41) is 8.98. The van der Waals surface area contributed by atoms with Gasteiger partial charge in [0.05, 0.1) is 5.25 Å². The number of amides is 1. The summed E-state index contributed by atoms with van der Waals surface area (Å²) in [6, 6.07) is 16.6. The fraction of sp³-hybridized carbons (Fsp3) is 0.167. The lowest BCUT2D eigenvalue weighted by Crippen LogP contribution is -2.33. The zero-order chi connectivity index (χ0) is 18.7. The Labute approximate surface area is 160 Å². The third-order valence-corrected chi connectivity index (χ3v) is 5.17. The van der Waals surface area contributed by atoms with Crippen LogP contribution in [0.4, 0.5) is 5.69 Å². The molecule has 1 atom stereocenters. The number of aromatic nitrogens is 3. The maximum Gasteiger partial charge on any atom is 0.240 e. The van der Waals surface area contributed by atoms with E-state index < -0.39 is 0 Å². The van der Waals surface area contributed by atoms with Crippen LogP contribution in [-0.2, 0) is 4.79 Å². The van der Waals surface area contributed by atoms with Crippen LogP contribution in [0.15, 0.2) is 59.8 Å². The second-order valence-electron chi connectivity index (χ2n) is 5.68. The second kappa shape index (κ2) is 7.80. The number of nitrogens with zero attached hydrogens (tertiary/aromatic N) is 4. The van der Waals surface area contributed by atoms with Crippen molar-refractivity contribution < 1.29 is 4.79 Å². The summed E-state index contributed by atoms with van der Waals surface area (Å²) >= 11 is 7.17. The van der Waals surface area contributed by atoms with Crippen molar-refractivity contribution in [2.45, 2.75) is 17.3 Å². The molecule has 1 amide bonds. The van der Waals surface area contributed by atoms with Crippen LogP contribution in [0.2, 0.25) is 5.02 Å². The Kier molecular flexibility index (Phi) is 5.49. The molecule has 3 aromatic rings. The summed E-state index contributed by atoms with van der Waals surface area (Å²) in [6.45, 7) is 1.82. The first kappa shape index (κ1) is 18.3. The number of nitrogens with two attached hydrogens (primary N) is 1. The minimum absolute atomic E-state index is 0.0442. The largest absolute Gasteiger partial charge is 0.335 e. The molecule has 6 nitrogen and oxygen atoms in total. The van der Waals surface area contributed by atoms with Crippen LogP contribution < -0.4 is 10.7 Å². The van der Waals surface area contributed by atoms with Gasteiger partial charge in [0, 0.05) is 23.3 Å². The van der Waals surface area contributed by atoms with E-state index in [-0.39, 0.29) is 11.2 Å². The highest BCUT2D eigenvalue weighted by Gasteiger charge is 2.23. The van der Waals surface area contributed by atoms with E-state index in [1.807, 2.05) is 49.4 Å². The first-order valence-corrected chi connectivity index (χ1v) is 9.19. The van der Waals surface area contributed by atoms with Gasteiger partial charge in [-0.3, -0.25) is 4.79 Å². The lowest BCUT2D eigenvalue weighted by Gasteiger charge is -2.20. The van der Waals surface area contributed by atoms with Crippen molar-refractivity contribution in [2.24, 2.45) is 0 Å². The third kappa shape index (κ3) is 3.84. The molecule has 0 aliphatic carbocycles. The van der Waals surface area contributed by atoms with Crippen molar-refractivity contribution in [3.8, 4) is 11.4 Å². The Bertz CT molecular complexity index is 898. The van der Waals surface area contributed by atoms with Crippen molar-refractivity contribution in [2.75, 3.05) is 17.8 Å². The van der Waals surface area contributed by atoms with Gasteiger partial charge in [-0.15, -0.1) is 10.2 Å². The van der Waals surface area contributed by atoms with Crippen LogP contribution in [-0.4, -0.2) is 33.1 Å². The van der Waals surface area contributed by atoms with Crippen LogP contribution in [0.1, 0.15) is 6.92 Å². The standard InChI is InChI=1S/C18H18ClN5OS/c1-12(17(25)23(2)15-6-4-3-5-7-15)26-18-22-21-16(24(18)20)13-8-10-14(19)11-9-13/h3-12H,20H2,1-2H3/t12-/m1/s1. The Morgan fingerprint density at radius 3 is 2.46 bits per heavy atom.